The Labute approximate surface area is 176 Å². The van der Waals surface area contributed by atoms with Crippen molar-refractivity contribution < 1.29 is 9.53 Å². The Morgan fingerprint density at radius 2 is 2.14 bits per heavy atom. The van der Waals surface area contributed by atoms with Crippen LogP contribution in [-0.4, -0.2) is 17.1 Å². The van der Waals surface area contributed by atoms with Crippen molar-refractivity contribution in [3.63, 3.8) is 0 Å². The average molecular weight is 435 g/mol. The fourth-order valence-electron chi connectivity index (χ4n) is 2.33. The van der Waals surface area contributed by atoms with Crippen LogP contribution in [0.5, 0.6) is 5.75 Å². The number of benzene rings is 2. The normalized spacial score (nSPS) is 11.0. The maximum atomic E-state index is 12.1. The van der Waals surface area contributed by atoms with Crippen LogP contribution in [0, 0.1) is 6.92 Å². The Morgan fingerprint density at radius 3 is 2.86 bits per heavy atom. The number of halogens is 2. The first-order chi connectivity index (χ1) is 13.4. The third kappa shape index (κ3) is 5.22. The molecule has 3 N–H and O–H groups in total. The maximum Gasteiger partial charge on any atom is 0.283 e. The van der Waals surface area contributed by atoms with Crippen LogP contribution in [0.4, 0.5) is 5.13 Å². The van der Waals surface area contributed by atoms with Gasteiger partial charge in [0.05, 0.1) is 11.9 Å². The monoisotopic (exact) mass is 434 g/mol. The number of carbonyl (C=O) groups is 1. The molecule has 6 nitrogen and oxygen atoms in total. The lowest BCUT2D eigenvalue weighted by Gasteiger charge is -2.08. The summed E-state index contributed by atoms with van der Waals surface area (Å²) in [6.07, 6.45) is 1.53. The number of nitrogen functional groups attached to an aromatic ring is 1. The zero-order valence-electron chi connectivity index (χ0n) is 14.8. The lowest BCUT2D eigenvalue weighted by Crippen LogP contribution is -2.17. The van der Waals surface area contributed by atoms with Crippen molar-refractivity contribution in [1.29, 1.82) is 0 Å². The number of thiazole rings is 1. The number of nitrogens with zero attached hydrogens (tertiary/aromatic N) is 2. The minimum Gasteiger partial charge on any atom is -0.489 e. The summed E-state index contributed by atoms with van der Waals surface area (Å²) in [4.78, 5) is 16.5. The highest BCUT2D eigenvalue weighted by Crippen LogP contribution is 2.23. The lowest BCUT2D eigenvalue weighted by atomic mass is 10.2. The molecule has 0 aliphatic carbocycles. The first kappa shape index (κ1) is 20.1. The van der Waals surface area contributed by atoms with E-state index in [1.807, 2.05) is 24.3 Å². The Hall–Kier alpha value is -2.61. The number of hydrogen-bond acceptors (Lipinski definition) is 6. The van der Waals surface area contributed by atoms with E-state index in [4.69, 9.17) is 33.7 Å². The van der Waals surface area contributed by atoms with E-state index in [-0.39, 0.29) is 5.91 Å². The van der Waals surface area contributed by atoms with E-state index in [0.29, 0.717) is 38.1 Å². The first-order valence-corrected chi connectivity index (χ1v) is 9.72. The largest absolute Gasteiger partial charge is 0.489 e. The first-order valence-electron chi connectivity index (χ1n) is 8.15. The summed E-state index contributed by atoms with van der Waals surface area (Å²) in [5.41, 5.74) is 10.2. The van der Waals surface area contributed by atoms with Crippen LogP contribution in [0.15, 0.2) is 47.6 Å². The van der Waals surface area contributed by atoms with Crippen molar-refractivity contribution in [2.45, 2.75) is 13.5 Å². The number of hydrogen-bond donors (Lipinski definition) is 2. The summed E-state index contributed by atoms with van der Waals surface area (Å²) in [5.74, 6) is 0.292. The van der Waals surface area contributed by atoms with Gasteiger partial charge in [0, 0.05) is 15.6 Å². The van der Waals surface area contributed by atoms with E-state index < -0.39 is 0 Å². The Morgan fingerprint density at radius 1 is 1.32 bits per heavy atom. The smallest absolute Gasteiger partial charge is 0.283 e. The minimum absolute atomic E-state index is 0.305. The third-order valence-corrected chi connectivity index (χ3v) is 5.24. The number of hydrazone groups is 1. The van der Waals surface area contributed by atoms with Crippen LogP contribution < -0.4 is 15.9 Å². The van der Waals surface area contributed by atoms with Crippen LogP contribution in [0.25, 0.3) is 0 Å². The maximum absolute atomic E-state index is 12.1. The van der Waals surface area contributed by atoms with Crippen molar-refractivity contribution in [1.82, 2.24) is 10.4 Å². The summed E-state index contributed by atoms with van der Waals surface area (Å²) in [6.45, 7) is 2.03. The molecular formula is C19H16Cl2N4O2S. The zero-order valence-corrected chi connectivity index (χ0v) is 17.1. The summed E-state index contributed by atoms with van der Waals surface area (Å²) in [5, 5.41) is 5.44. The topological polar surface area (TPSA) is 89.6 Å². The Balaban J connectivity index is 1.60. The van der Waals surface area contributed by atoms with E-state index in [1.165, 1.54) is 6.21 Å². The van der Waals surface area contributed by atoms with Crippen molar-refractivity contribution >= 4 is 51.8 Å². The molecule has 28 heavy (non-hydrogen) atoms. The molecule has 0 radical (unpaired) electrons. The second-order valence-electron chi connectivity index (χ2n) is 5.76. The number of nitrogens with two attached hydrogens (primary N) is 1. The lowest BCUT2D eigenvalue weighted by molar-refractivity contribution is 0.0958. The van der Waals surface area contributed by atoms with E-state index in [2.05, 4.69) is 15.5 Å². The molecule has 0 saturated heterocycles. The fraction of sp³-hybridized carbons (Fsp3) is 0.105. The van der Waals surface area contributed by atoms with Crippen LogP contribution in [0.1, 0.15) is 26.5 Å². The number of nitrogens with one attached hydrogen (secondary N) is 1. The molecule has 0 spiro atoms. The summed E-state index contributed by atoms with van der Waals surface area (Å²) >= 11 is 13.2. The minimum atomic E-state index is -0.354. The molecule has 9 heteroatoms. The van der Waals surface area contributed by atoms with Gasteiger partial charge in [0.15, 0.2) is 5.13 Å². The quantitative estimate of drug-likeness (QED) is 0.435. The summed E-state index contributed by atoms with van der Waals surface area (Å²) in [6, 6.07) is 12.5. The van der Waals surface area contributed by atoms with Crippen molar-refractivity contribution in [3.8, 4) is 5.75 Å². The Kier molecular flexibility index (Phi) is 6.51. The van der Waals surface area contributed by atoms with Gasteiger partial charge < -0.3 is 10.5 Å². The Bertz CT molecular complexity index is 1040. The van der Waals surface area contributed by atoms with Crippen LogP contribution in [-0.2, 0) is 6.61 Å². The third-order valence-electron chi connectivity index (χ3n) is 3.67. The number of aromatic nitrogens is 1. The van der Waals surface area contributed by atoms with E-state index in [9.17, 15) is 4.79 Å². The number of amides is 1. The van der Waals surface area contributed by atoms with Crippen molar-refractivity contribution in [2.24, 2.45) is 5.10 Å². The highest BCUT2D eigenvalue weighted by Gasteiger charge is 2.13. The van der Waals surface area contributed by atoms with Crippen molar-refractivity contribution in [3.05, 3.63) is 74.2 Å². The molecule has 3 aromatic rings. The molecule has 0 saturated carbocycles. The molecular weight excluding hydrogens is 419 g/mol. The van der Waals surface area contributed by atoms with Crippen LogP contribution >= 0.6 is 34.5 Å². The molecule has 0 bridgehead atoms. The number of anilines is 1. The van der Waals surface area contributed by atoms with Gasteiger partial charge in [0.2, 0.25) is 0 Å². The number of carbonyl (C=O) groups excluding carboxylic acids is 1. The van der Waals surface area contributed by atoms with Gasteiger partial charge in [0.1, 0.15) is 17.2 Å². The van der Waals surface area contributed by atoms with E-state index >= 15 is 0 Å². The molecule has 144 valence electrons. The van der Waals surface area contributed by atoms with Gasteiger partial charge in [-0.05, 0) is 36.8 Å². The second-order valence-corrected chi connectivity index (χ2v) is 7.64. The van der Waals surface area contributed by atoms with Gasteiger partial charge in [-0.15, -0.1) is 0 Å². The molecule has 0 atom stereocenters. The van der Waals surface area contributed by atoms with Gasteiger partial charge in [-0.1, -0.05) is 52.7 Å². The van der Waals surface area contributed by atoms with Gasteiger partial charge in [-0.3, -0.25) is 4.79 Å². The molecule has 1 amide bonds. The van der Waals surface area contributed by atoms with E-state index in [0.717, 1.165) is 22.5 Å². The number of rotatable bonds is 6. The standard InChI is InChI=1S/C19H16Cl2N4O2S/c1-11-17(28-19(22)24-11)18(26)25-23-9-12-3-2-4-15(7-12)27-10-13-5-6-14(20)8-16(13)21/h2-9H,10H2,1H3,(H2,22,24)(H,25,26)/b23-9+. The molecule has 0 aliphatic heterocycles. The van der Waals surface area contributed by atoms with Gasteiger partial charge in [0.25, 0.3) is 5.91 Å². The molecule has 0 aliphatic rings. The fourth-order valence-corrected chi connectivity index (χ4v) is 3.52. The highest BCUT2D eigenvalue weighted by molar-refractivity contribution is 7.17. The predicted molar refractivity (Wildman–Crippen MR) is 114 cm³/mol. The molecule has 1 heterocycles. The van der Waals surface area contributed by atoms with Crippen LogP contribution in [0.2, 0.25) is 10.0 Å². The zero-order chi connectivity index (χ0) is 20.1. The van der Waals surface area contributed by atoms with Crippen molar-refractivity contribution in [2.75, 3.05) is 5.73 Å². The average Bonchev–Trinajstić information content (AvgIpc) is 2.99. The van der Waals surface area contributed by atoms with Gasteiger partial charge in [-0.2, -0.15) is 5.10 Å². The van der Waals surface area contributed by atoms with E-state index in [1.54, 1.807) is 25.1 Å². The molecule has 0 fully saturated rings. The SMILES string of the molecule is Cc1nc(N)sc1C(=O)N/N=C/c1cccc(OCc2ccc(Cl)cc2Cl)c1. The molecule has 1 aromatic heterocycles. The second kappa shape index (κ2) is 9.05. The van der Waals surface area contributed by atoms with Gasteiger partial charge >= 0.3 is 0 Å². The van der Waals surface area contributed by atoms with Gasteiger partial charge in [-0.25, -0.2) is 10.4 Å². The number of ether oxygens (including phenoxy) is 1. The highest BCUT2D eigenvalue weighted by atomic mass is 35.5. The summed E-state index contributed by atoms with van der Waals surface area (Å²) < 4.78 is 5.77. The molecule has 3 rings (SSSR count). The predicted octanol–water partition coefficient (Wildman–Crippen LogP) is 4.68. The summed E-state index contributed by atoms with van der Waals surface area (Å²) in [7, 11) is 0. The molecule has 0 unspecified atom stereocenters. The van der Waals surface area contributed by atoms with Crippen LogP contribution in [0.3, 0.4) is 0 Å². The molecule has 2 aromatic carbocycles. The number of aryl methyl sites for hydroxylation is 1.